The van der Waals surface area contributed by atoms with Crippen molar-refractivity contribution in [2.24, 2.45) is 0 Å². The first-order chi connectivity index (χ1) is 10.9. The Morgan fingerprint density at radius 3 is 2.43 bits per heavy atom. The number of benzene rings is 1. The fourth-order valence-electron chi connectivity index (χ4n) is 2.23. The van der Waals surface area contributed by atoms with E-state index in [0.29, 0.717) is 11.2 Å². The van der Waals surface area contributed by atoms with Crippen LogP contribution in [0, 0.1) is 0 Å². The molecule has 1 aliphatic rings. The van der Waals surface area contributed by atoms with Gasteiger partial charge in [0, 0.05) is 31.5 Å². The number of fused-ring (bicyclic) bond motifs is 1. The molecule has 0 unspecified atom stereocenters. The third kappa shape index (κ3) is 2.94. The molecule has 1 aliphatic heterocycles. The predicted molar refractivity (Wildman–Crippen MR) is 82.5 cm³/mol. The van der Waals surface area contributed by atoms with E-state index in [2.05, 4.69) is 10.3 Å². The number of rotatable bonds is 2. The average Bonchev–Trinajstić information content (AvgIpc) is 2.45. The van der Waals surface area contributed by atoms with Crippen LogP contribution in [0.1, 0.15) is 13.8 Å². The number of cyclic esters (lactones) is 2. The molecule has 3 rings (SSSR count). The fraction of sp³-hybridized carbons (Fsp3) is 0.188. The number of H-pyrrole nitrogens is 1. The Hall–Kier alpha value is -3.09. The molecule has 23 heavy (non-hydrogen) atoms. The lowest BCUT2D eigenvalue weighted by atomic mass is 10.2. The first kappa shape index (κ1) is 14.8. The number of hydrogen-bond acceptors (Lipinski definition) is 6. The first-order valence-electron chi connectivity index (χ1n) is 6.91. The first-order valence-corrected chi connectivity index (χ1v) is 6.91. The fourth-order valence-corrected chi connectivity index (χ4v) is 2.23. The topological polar surface area (TPSA) is 97.5 Å². The molecule has 7 nitrogen and oxygen atoms in total. The monoisotopic (exact) mass is 314 g/mol. The van der Waals surface area contributed by atoms with E-state index in [9.17, 15) is 14.4 Å². The third-order valence-corrected chi connectivity index (χ3v) is 3.25. The Morgan fingerprint density at radius 2 is 1.74 bits per heavy atom. The second kappa shape index (κ2) is 5.28. The van der Waals surface area contributed by atoms with Gasteiger partial charge in [0.15, 0.2) is 5.57 Å². The van der Waals surface area contributed by atoms with E-state index in [1.165, 1.54) is 26.1 Å². The number of carbonyl (C=O) groups is 2. The summed E-state index contributed by atoms with van der Waals surface area (Å²) >= 11 is 0. The van der Waals surface area contributed by atoms with Gasteiger partial charge < -0.3 is 19.8 Å². The maximum absolute atomic E-state index is 11.9. The van der Waals surface area contributed by atoms with E-state index in [1.807, 2.05) is 6.07 Å². The molecule has 1 aromatic carbocycles. The van der Waals surface area contributed by atoms with Crippen LogP contribution in [-0.4, -0.2) is 22.7 Å². The Balaban J connectivity index is 1.94. The molecule has 118 valence electrons. The summed E-state index contributed by atoms with van der Waals surface area (Å²) in [6.45, 7) is 2.95. The highest BCUT2D eigenvalue weighted by Crippen LogP contribution is 2.24. The van der Waals surface area contributed by atoms with E-state index in [1.54, 1.807) is 18.2 Å². The number of hydrogen-bond donors (Lipinski definition) is 2. The summed E-state index contributed by atoms with van der Waals surface area (Å²) < 4.78 is 10.0. The van der Waals surface area contributed by atoms with Crippen molar-refractivity contribution in [1.82, 2.24) is 4.98 Å². The number of aromatic nitrogens is 1. The molecule has 2 N–H and O–H groups in total. The van der Waals surface area contributed by atoms with Crippen molar-refractivity contribution in [2.45, 2.75) is 19.6 Å². The molecule has 0 bridgehead atoms. The zero-order valence-electron chi connectivity index (χ0n) is 12.5. The maximum Gasteiger partial charge on any atom is 0.350 e. The Kier molecular flexibility index (Phi) is 3.40. The quantitative estimate of drug-likeness (QED) is 0.497. The summed E-state index contributed by atoms with van der Waals surface area (Å²) in [7, 11) is 0. The van der Waals surface area contributed by atoms with Crippen LogP contribution in [0.3, 0.4) is 0 Å². The zero-order valence-corrected chi connectivity index (χ0v) is 12.5. The van der Waals surface area contributed by atoms with Gasteiger partial charge in [-0.05, 0) is 12.1 Å². The molecule has 0 amide bonds. The Morgan fingerprint density at radius 1 is 1.04 bits per heavy atom. The molecule has 2 heterocycles. The zero-order chi connectivity index (χ0) is 16.6. The minimum atomic E-state index is -1.28. The minimum Gasteiger partial charge on any atom is -0.419 e. The van der Waals surface area contributed by atoms with Crippen molar-refractivity contribution in [1.29, 1.82) is 0 Å². The van der Waals surface area contributed by atoms with Crippen molar-refractivity contribution in [3.8, 4) is 0 Å². The van der Waals surface area contributed by atoms with Gasteiger partial charge in [-0.15, -0.1) is 0 Å². The highest BCUT2D eigenvalue weighted by Gasteiger charge is 2.38. The molecule has 2 aromatic rings. The number of esters is 2. The minimum absolute atomic E-state index is 0.250. The van der Waals surface area contributed by atoms with Gasteiger partial charge in [-0.1, -0.05) is 12.1 Å². The standard InChI is InChI=1S/C16H14N2O5/c1-16(2)22-14(20)10(15(21)23-16)8-17-11-5-3-4-9-6-7-12(19)18-13(9)11/h3-8,17H,1-2H3,(H,18,19). The van der Waals surface area contributed by atoms with Crippen LogP contribution in [0.15, 0.2) is 46.9 Å². The molecule has 0 aliphatic carbocycles. The molecular weight excluding hydrogens is 300 g/mol. The summed E-state index contributed by atoms with van der Waals surface area (Å²) in [5, 5.41) is 3.65. The number of aromatic amines is 1. The molecule has 0 spiro atoms. The van der Waals surface area contributed by atoms with E-state index >= 15 is 0 Å². The second-order valence-corrected chi connectivity index (χ2v) is 5.47. The van der Waals surface area contributed by atoms with E-state index in [0.717, 1.165) is 5.39 Å². The second-order valence-electron chi connectivity index (χ2n) is 5.47. The highest BCUT2D eigenvalue weighted by molar-refractivity contribution is 6.15. The van der Waals surface area contributed by atoms with Gasteiger partial charge in [0.1, 0.15) is 0 Å². The van der Waals surface area contributed by atoms with E-state index in [4.69, 9.17) is 9.47 Å². The highest BCUT2D eigenvalue weighted by atomic mass is 16.7. The third-order valence-electron chi connectivity index (χ3n) is 3.25. The van der Waals surface area contributed by atoms with Gasteiger partial charge in [-0.2, -0.15) is 0 Å². The molecule has 7 heteroatoms. The normalized spacial score (nSPS) is 16.7. The lowest BCUT2D eigenvalue weighted by molar-refractivity contribution is -0.222. The van der Waals surface area contributed by atoms with Gasteiger partial charge >= 0.3 is 11.9 Å². The van der Waals surface area contributed by atoms with Crippen LogP contribution in [0.25, 0.3) is 10.9 Å². The lowest BCUT2D eigenvalue weighted by Gasteiger charge is -2.29. The van der Waals surface area contributed by atoms with E-state index in [-0.39, 0.29) is 11.1 Å². The smallest absolute Gasteiger partial charge is 0.350 e. The summed E-state index contributed by atoms with van der Waals surface area (Å²) in [5.74, 6) is -2.82. The van der Waals surface area contributed by atoms with Gasteiger partial charge in [0.2, 0.25) is 5.56 Å². The summed E-state index contributed by atoms with van der Waals surface area (Å²) in [4.78, 5) is 37.9. The Bertz CT molecular complexity index is 873. The van der Waals surface area contributed by atoms with Crippen LogP contribution in [0.2, 0.25) is 0 Å². The van der Waals surface area contributed by atoms with Crippen molar-refractivity contribution in [2.75, 3.05) is 5.32 Å². The molecule has 1 aromatic heterocycles. The van der Waals surface area contributed by atoms with Gasteiger partial charge in [-0.3, -0.25) is 4.79 Å². The van der Waals surface area contributed by atoms with Crippen molar-refractivity contribution >= 4 is 28.5 Å². The van der Waals surface area contributed by atoms with Crippen LogP contribution < -0.4 is 10.9 Å². The van der Waals surface area contributed by atoms with Crippen molar-refractivity contribution in [3.05, 3.63) is 52.5 Å². The number of carbonyl (C=O) groups excluding carboxylic acids is 2. The molecule has 0 atom stereocenters. The summed E-state index contributed by atoms with van der Waals surface area (Å²) in [6.07, 6.45) is 1.21. The average molecular weight is 314 g/mol. The molecule has 0 saturated carbocycles. The van der Waals surface area contributed by atoms with Crippen molar-refractivity contribution < 1.29 is 19.1 Å². The van der Waals surface area contributed by atoms with Gasteiger partial charge in [-0.25, -0.2) is 9.59 Å². The summed E-state index contributed by atoms with van der Waals surface area (Å²) in [5.41, 5.74) is 0.602. The number of nitrogens with one attached hydrogen (secondary N) is 2. The van der Waals surface area contributed by atoms with Crippen LogP contribution in [-0.2, 0) is 19.1 Å². The molecule has 1 saturated heterocycles. The van der Waals surface area contributed by atoms with Crippen LogP contribution in [0.4, 0.5) is 5.69 Å². The molecular formula is C16H14N2O5. The number of para-hydroxylation sites is 1. The summed E-state index contributed by atoms with van der Waals surface area (Å²) in [6, 6.07) is 8.41. The molecule has 0 radical (unpaired) electrons. The van der Waals surface area contributed by atoms with E-state index < -0.39 is 17.7 Å². The largest absolute Gasteiger partial charge is 0.419 e. The van der Waals surface area contributed by atoms with Crippen LogP contribution in [0.5, 0.6) is 0 Å². The van der Waals surface area contributed by atoms with Gasteiger partial charge in [0.05, 0.1) is 11.2 Å². The van der Waals surface area contributed by atoms with Crippen molar-refractivity contribution in [3.63, 3.8) is 0 Å². The maximum atomic E-state index is 11.9. The Labute approximate surface area is 130 Å². The van der Waals surface area contributed by atoms with Crippen LogP contribution >= 0.6 is 0 Å². The number of ether oxygens (including phenoxy) is 2. The SMILES string of the molecule is CC1(C)OC(=O)C(=CNc2cccc3ccc(=O)[nH]c23)C(=O)O1. The number of anilines is 1. The predicted octanol–water partition coefficient (Wildman–Crippen LogP) is 1.66. The number of pyridine rings is 1. The molecule has 1 fully saturated rings. The van der Waals surface area contributed by atoms with Gasteiger partial charge in [0.25, 0.3) is 5.79 Å². The lowest BCUT2D eigenvalue weighted by Crippen LogP contribution is -2.42.